The molecule has 6 nitrogen and oxygen atoms in total. The van der Waals surface area contributed by atoms with Crippen LogP contribution in [0.15, 0.2) is 36.5 Å². The predicted octanol–water partition coefficient (Wildman–Crippen LogP) is 15.7. The number of allylic oxidation sites excluding steroid dienone is 5. The number of esters is 1. The van der Waals surface area contributed by atoms with E-state index < -0.39 is 12.1 Å². The Morgan fingerprint density at radius 3 is 1.22 bits per heavy atom. The monoisotopic (exact) mass is 844 g/mol. The molecular weight excluding hydrogens is 743 g/mol. The molecule has 60 heavy (non-hydrogen) atoms. The third-order valence-corrected chi connectivity index (χ3v) is 11.9. The summed E-state index contributed by atoms with van der Waals surface area (Å²) < 4.78 is 5.44. The van der Waals surface area contributed by atoms with Crippen molar-refractivity contribution < 1.29 is 24.5 Å². The second kappa shape index (κ2) is 49.7. The first-order chi connectivity index (χ1) is 29.5. The molecule has 0 aliphatic rings. The van der Waals surface area contributed by atoms with Crippen LogP contribution >= 0.6 is 0 Å². The molecule has 0 saturated heterocycles. The normalized spacial score (nSPS) is 12.9. The molecule has 0 aromatic heterocycles. The molecule has 352 valence electrons. The fraction of sp³-hybridized carbons (Fsp3) is 0.852. The first-order valence-corrected chi connectivity index (χ1v) is 26.3. The van der Waals surface area contributed by atoms with Crippen molar-refractivity contribution in [2.24, 2.45) is 0 Å². The van der Waals surface area contributed by atoms with Crippen LogP contribution in [0.25, 0.3) is 0 Å². The third-order valence-electron chi connectivity index (χ3n) is 11.9. The van der Waals surface area contributed by atoms with Gasteiger partial charge in [-0.05, 0) is 83.5 Å². The average molecular weight is 844 g/mol. The topological polar surface area (TPSA) is 95.9 Å². The van der Waals surface area contributed by atoms with Crippen molar-refractivity contribution in [3.05, 3.63) is 36.5 Å². The fourth-order valence-corrected chi connectivity index (χ4v) is 7.80. The fourth-order valence-electron chi connectivity index (χ4n) is 7.80. The van der Waals surface area contributed by atoms with E-state index in [4.69, 9.17) is 4.74 Å². The van der Waals surface area contributed by atoms with Crippen molar-refractivity contribution >= 4 is 11.9 Å². The van der Waals surface area contributed by atoms with Crippen molar-refractivity contribution in [2.75, 3.05) is 13.2 Å². The minimum Gasteiger partial charge on any atom is -0.466 e. The molecule has 0 spiro atoms. The molecule has 0 heterocycles. The quantitative estimate of drug-likeness (QED) is 0.0322. The molecule has 0 radical (unpaired) electrons. The zero-order chi connectivity index (χ0) is 43.7. The first kappa shape index (κ1) is 58.1. The smallest absolute Gasteiger partial charge is 0.305 e. The number of nitrogens with one attached hydrogen (secondary N) is 1. The van der Waals surface area contributed by atoms with Crippen molar-refractivity contribution in [2.45, 2.75) is 283 Å². The summed E-state index contributed by atoms with van der Waals surface area (Å²) in [5.74, 6) is -0.100. The largest absolute Gasteiger partial charge is 0.466 e. The molecule has 6 heteroatoms. The van der Waals surface area contributed by atoms with E-state index in [1.165, 1.54) is 180 Å². The lowest BCUT2D eigenvalue weighted by molar-refractivity contribution is -0.143. The second-order valence-corrected chi connectivity index (χ2v) is 17.8. The Hall–Kier alpha value is -1.92. The van der Waals surface area contributed by atoms with Gasteiger partial charge in [-0.1, -0.05) is 211 Å². The maximum absolute atomic E-state index is 12.4. The highest BCUT2D eigenvalue weighted by Crippen LogP contribution is 2.15. The molecule has 2 unspecified atom stereocenters. The lowest BCUT2D eigenvalue weighted by atomic mass is 10.0. The second-order valence-electron chi connectivity index (χ2n) is 17.8. The van der Waals surface area contributed by atoms with Crippen molar-refractivity contribution in [1.82, 2.24) is 5.32 Å². The van der Waals surface area contributed by atoms with E-state index in [0.717, 1.165) is 64.2 Å². The molecule has 1 amide bonds. The summed E-state index contributed by atoms with van der Waals surface area (Å²) >= 11 is 0. The minimum atomic E-state index is -0.855. The molecule has 0 fully saturated rings. The SMILES string of the molecule is CCCCC/C=C\CCCCCCCC(=O)OCCCCCCCCC/C=C\CCCCCCCC(=O)NC(CO)C(O)/C=C/CCCCCCCCCCCCCCC. The number of hydrogen-bond acceptors (Lipinski definition) is 5. The number of carbonyl (C=O) groups is 2. The Bertz CT molecular complexity index is 977. The van der Waals surface area contributed by atoms with Gasteiger partial charge in [0.15, 0.2) is 0 Å². The Morgan fingerprint density at radius 1 is 0.450 bits per heavy atom. The number of carbonyl (C=O) groups excluding carboxylic acids is 2. The molecule has 3 N–H and O–H groups in total. The van der Waals surface area contributed by atoms with Crippen molar-refractivity contribution in [1.29, 1.82) is 0 Å². The van der Waals surface area contributed by atoms with Crippen LogP contribution < -0.4 is 5.32 Å². The Kier molecular flexibility index (Phi) is 48.1. The highest BCUT2D eigenvalue weighted by atomic mass is 16.5. The molecular formula is C54H101NO5. The molecule has 0 aromatic carbocycles. The van der Waals surface area contributed by atoms with Gasteiger partial charge in [-0.25, -0.2) is 0 Å². The number of aliphatic hydroxyl groups excluding tert-OH is 2. The zero-order valence-corrected chi connectivity index (χ0v) is 39.9. The Balaban J connectivity index is 3.52. The summed E-state index contributed by atoms with van der Waals surface area (Å²) in [6.45, 7) is 4.85. The van der Waals surface area contributed by atoms with Gasteiger partial charge in [-0.3, -0.25) is 9.59 Å². The molecule has 0 aliphatic heterocycles. The van der Waals surface area contributed by atoms with E-state index in [9.17, 15) is 19.8 Å². The van der Waals surface area contributed by atoms with Crippen LogP contribution in [0.5, 0.6) is 0 Å². The maximum atomic E-state index is 12.4. The number of unbranched alkanes of at least 4 members (excludes halogenated alkanes) is 33. The highest BCUT2D eigenvalue weighted by molar-refractivity contribution is 5.76. The molecule has 0 aliphatic carbocycles. The van der Waals surface area contributed by atoms with Crippen LogP contribution in [0.3, 0.4) is 0 Å². The van der Waals surface area contributed by atoms with Gasteiger partial charge in [0, 0.05) is 12.8 Å². The number of ether oxygens (including phenoxy) is 1. The lowest BCUT2D eigenvalue weighted by Gasteiger charge is -2.20. The van der Waals surface area contributed by atoms with Gasteiger partial charge in [0.2, 0.25) is 5.91 Å². The van der Waals surface area contributed by atoms with Crippen LogP contribution in [0.1, 0.15) is 271 Å². The summed E-state index contributed by atoms with van der Waals surface area (Å²) in [5.41, 5.74) is 0. The van der Waals surface area contributed by atoms with Gasteiger partial charge in [0.05, 0.1) is 25.4 Å². The Labute approximate surface area is 373 Å². The van der Waals surface area contributed by atoms with E-state index in [-0.39, 0.29) is 18.5 Å². The van der Waals surface area contributed by atoms with E-state index >= 15 is 0 Å². The number of amides is 1. The van der Waals surface area contributed by atoms with Crippen LogP contribution in [0.4, 0.5) is 0 Å². The zero-order valence-electron chi connectivity index (χ0n) is 39.9. The molecule has 0 saturated carbocycles. The molecule has 0 rings (SSSR count). The van der Waals surface area contributed by atoms with Gasteiger partial charge >= 0.3 is 5.97 Å². The average Bonchev–Trinajstić information content (AvgIpc) is 3.25. The number of aliphatic hydroxyl groups is 2. The first-order valence-electron chi connectivity index (χ1n) is 26.3. The van der Waals surface area contributed by atoms with Crippen LogP contribution in [-0.4, -0.2) is 47.4 Å². The van der Waals surface area contributed by atoms with Gasteiger partial charge in [-0.2, -0.15) is 0 Å². The van der Waals surface area contributed by atoms with Gasteiger partial charge in [-0.15, -0.1) is 0 Å². The van der Waals surface area contributed by atoms with Crippen molar-refractivity contribution in [3.63, 3.8) is 0 Å². The molecule has 0 aromatic rings. The summed E-state index contributed by atoms with van der Waals surface area (Å²) in [6.07, 6.45) is 60.0. The van der Waals surface area contributed by atoms with Crippen LogP contribution in [-0.2, 0) is 14.3 Å². The number of rotatable bonds is 48. The summed E-state index contributed by atoms with van der Waals surface area (Å²) in [4.78, 5) is 24.4. The predicted molar refractivity (Wildman–Crippen MR) is 259 cm³/mol. The standard InChI is InChI=1S/C54H101NO5/c1-3-5-7-9-11-13-15-17-20-23-26-30-34-38-42-46-52(57)51(50-56)55-53(58)47-43-39-35-31-27-24-21-18-19-22-25-29-33-37-41-45-49-60-54(59)48-44-40-36-32-28-16-14-12-10-8-6-4-2/h12,14,18,21,42,46,51-52,56-57H,3-11,13,15-17,19-20,22-41,43-45,47-50H2,1-2H3,(H,55,58)/b14-12-,21-18-,46-42+. The summed E-state index contributed by atoms with van der Waals surface area (Å²) in [7, 11) is 0. The van der Waals surface area contributed by atoms with Crippen molar-refractivity contribution in [3.8, 4) is 0 Å². The van der Waals surface area contributed by atoms with E-state index in [1.54, 1.807) is 6.08 Å². The lowest BCUT2D eigenvalue weighted by Crippen LogP contribution is -2.45. The van der Waals surface area contributed by atoms with Gasteiger partial charge in [0.1, 0.15) is 0 Å². The highest BCUT2D eigenvalue weighted by Gasteiger charge is 2.18. The van der Waals surface area contributed by atoms with E-state index in [1.807, 2.05) is 6.08 Å². The summed E-state index contributed by atoms with van der Waals surface area (Å²) in [5, 5.41) is 23.0. The van der Waals surface area contributed by atoms with Crippen LogP contribution in [0.2, 0.25) is 0 Å². The third kappa shape index (κ3) is 45.6. The van der Waals surface area contributed by atoms with Gasteiger partial charge < -0.3 is 20.3 Å². The molecule has 0 bridgehead atoms. The maximum Gasteiger partial charge on any atom is 0.305 e. The summed E-state index contributed by atoms with van der Waals surface area (Å²) in [6, 6.07) is -0.640. The van der Waals surface area contributed by atoms with E-state index in [0.29, 0.717) is 19.4 Å². The minimum absolute atomic E-state index is 0.0146. The van der Waals surface area contributed by atoms with Gasteiger partial charge in [0.25, 0.3) is 0 Å². The van der Waals surface area contributed by atoms with E-state index in [2.05, 4.69) is 43.5 Å². The molecule has 2 atom stereocenters. The number of hydrogen-bond donors (Lipinski definition) is 3. The van der Waals surface area contributed by atoms with Crippen LogP contribution in [0, 0.1) is 0 Å². The Morgan fingerprint density at radius 2 is 0.783 bits per heavy atom.